The summed E-state index contributed by atoms with van der Waals surface area (Å²) in [7, 11) is 0. The van der Waals surface area contributed by atoms with Crippen LogP contribution in [0.15, 0.2) is 30.5 Å². The third-order valence-electron chi connectivity index (χ3n) is 6.03. The fourth-order valence-electron chi connectivity index (χ4n) is 4.42. The van der Waals surface area contributed by atoms with E-state index in [9.17, 15) is 32.2 Å². The summed E-state index contributed by atoms with van der Waals surface area (Å²) in [5.74, 6) is -3.08. The van der Waals surface area contributed by atoms with Crippen LogP contribution in [-0.2, 0) is 0 Å². The number of rotatable bonds is 3. The highest BCUT2D eigenvalue weighted by Gasteiger charge is 2.62. The summed E-state index contributed by atoms with van der Waals surface area (Å²) in [5.41, 5.74) is -3.30. The number of aromatic hydroxyl groups is 1. The van der Waals surface area contributed by atoms with Crippen LogP contribution in [-0.4, -0.2) is 32.0 Å². The molecule has 1 heterocycles. The zero-order valence-corrected chi connectivity index (χ0v) is 17.1. The molecule has 4 rings (SSSR count). The number of fused-ring (bicyclic) bond motifs is 2. The Bertz CT molecular complexity index is 1200. The van der Waals surface area contributed by atoms with Gasteiger partial charge in [-0.25, -0.2) is 18.7 Å². The number of hydrogen-bond acceptors (Lipinski definition) is 5. The molecule has 2 aromatic carbocycles. The molecule has 0 aliphatic heterocycles. The van der Waals surface area contributed by atoms with Crippen molar-refractivity contribution in [3.8, 4) is 5.75 Å². The van der Waals surface area contributed by atoms with Crippen LogP contribution in [0.3, 0.4) is 0 Å². The first-order valence-electron chi connectivity index (χ1n) is 9.96. The summed E-state index contributed by atoms with van der Waals surface area (Å²) in [6, 6.07) is 2.19. The fraction of sp³-hybridized carbons (Fsp3) is 0.364. The Kier molecular flexibility index (Phi) is 5.23. The quantitative estimate of drug-likeness (QED) is 0.471. The van der Waals surface area contributed by atoms with Crippen LogP contribution < -0.4 is 5.32 Å². The SMILES string of the molecule is CC[C@@H]1C[C@](O)(C(F)(F)F)[C@@H](Nc2cc(F)cc3nc(C)ncc23)c2ccc(F)c(O)c21. The normalized spacial score (nSPS) is 23.2. The summed E-state index contributed by atoms with van der Waals surface area (Å²) in [4.78, 5) is 8.13. The average Bonchev–Trinajstić information content (AvgIpc) is 2.70. The van der Waals surface area contributed by atoms with E-state index in [1.165, 1.54) is 6.20 Å². The predicted molar refractivity (Wildman–Crippen MR) is 107 cm³/mol. The molecule has 0 saturated heterocycles. The molecule has 3 aromatic rings. The van der Waals surface area contributed by atoms with Gasteiger partial charge in [0.25, 0.3) is 0 Å². The molecule has 32 heavy (non-hydrogen) atoms. The number of benzene rings is 2. The third kappa shape index (κ3) is 3.42. The van der Waals surface area contributed by atoms with E-state index in [0.717, 1.165) is 24.3 Å². The zero-order chi connectivity index (χ0) is 23.4. The molecule has 1 aliphatic rings. The fourth-order valence-corrected chi connectivity index (χ4v) is 4.42. The maximum atomic E-state index is 14.3. The number of phenolic OH excluding ortho intramolecular Hbond substituents is 1. The van der Waals surface area contributed by atoms with Crippen molar-refractivity contribution in [1.82, 2.24) is 9.97 Å². The first-order valence-corrected chi connectivity index (χ1v) is 9.96. The van der Waals surface area contributed by atoms with Crippen molar-refractivity contribution < 1.29 is 32.2 Å². The minimum atomic E-state index is -5.07. The van der Waals surface area contributed by atoms with Gasteiger partial charge >= 0.3 is 6.18 Å². The van der Waals surface area contributed by atoms with E-state index in [0.29, 0.717) is 5.82 Å². The summed E-state index contributed by atoms with van der Waals surface area (Å²) in [5, 5.41) is 24.1. The number of anilines is 1. The molecule has 0 unspecified atom stereocenters. The van der Waals surface area contributed by atoms with Crippen LogP contribution in [0, 0.1) is 18.6 Å². The molecule has 0 radical (unpaired) electrons. The molecule has 0 spiro atoms. The van der Waals surface area contributed by atoms with Gasteiger partial charge in [-0.1, -0.05) is 13.0 Å². The number of alkyl halides is 3. The molecule has 10 heteroatoms. The molecule has 3 N–H and O–H groups in total. The number of aliphatic hydroxyl groups is 1. The van der Waals surface area contributed by atoms with Gasteiger partial charge in [0, 0.05) is 28.9 Å². The Labute approximate surface area is 179 Å². The Morgan fingerprint density at radius 3 is 2.59 bits per heavy atom. The lowest BCUT2D eigenvalue weighted by Gasteiger charge is -2.45. The zero-order valence-electron chi connectivity index (χ0n) is 17.1. The van der Waals surface area contributed by atoms with E-state index in [-0.39, 0.29) is 34.1 Å². The number of halogens is 5. The Morgan fingerprint density at radius 2 is 1.94 bits per heavy atom. The monoisotopic (exact) mass is 453 g/mol. The van der Waals surface area contributed by atoms with Crippen molar-refractivity contribution >= 4 is 16.6 Å². The van der Waals surface area contributed by atoms with E-state index in [2.05, 4.69) is 15.3 Å². The largest absolute Gasteiger partial charge is 0.505 e. The van der Waals surface area contributed by atoms with Crippen molar-refractivity contribution in [2.75, 3.05) is 5.32 Å². The van der Waals surface area contributed by atoms with Gasteiger partial charge in [-0.05, 0) is 43.4 Å². The molecule has 0 bridgehead atoms. The molecular formula is C22H20F5N3O2. The molecular weight excluding hydrogens is 433 g/mol. The van der Waals surface area contributed by atoms with E-state index in [1.807, 2.05) is 0 Å². The molecule has 0 fully saturated rings. The Balaban J connectivity index is 1.95. The molecule has 3 atom stereocenters. The predicted octanol–water partition coefficient (Wildman–Crippen LogP) is 5.27. The summed E-state index contributed by atoms with van der Waals surface area (Å²) in [6.07, 6.45) is -4.41. The number of phenols is 1. The van der Waals surface area contributed by atoms with Gasteiger partial charge in [-0.2, -0.15) is 13.2 Å². The minimum absolute atomic E-state index is 0.00766. The van der Waals surface area contributed by atoms with Crippen molar-refractivity contribution in [3.05, 3.63) is 59.0 Å². The molecule has 1 aliphatic carbocycles. The molecule has 170 valence electrons. The Morgan fingerprint density at radius 1 is 1.22 bits per heavy atom. The molecule has 1 aromatic heterocycles. The lowest BCUT2D eigenvalue weighted by Crippen LogP contribution is -2.55. The molecule has 5 nitrogen and oxygen atoms in total. The smallest absolute Gasteiger partial charge is 0.419 e. The van der Waals surface area contributed by atoms with Crippen molar-refractivity contribution in [2.45, 2.75) is 50.4 Å². The van der Waals surface area contributed by atoms with Crippen LogP contribution >= 0.6 is 0 Å². The molecule has 0 saturated carbocycles. The van der Waals surface area contributed by atoms with Gasteiger partial charge in [0.05, 0.1) is 11.6 Å². The van der Waals surface area contributed by atoms with E-state index in [1.54, 1.807) is 13.8 Å². The second kappa shape index (κ2) is 7.54. The highest BCUT2D eigenvalue weighted by Crippen LogP contribution is 2.55. The van der Waals surface area contributed by atoms with E-state index < -0.39 is 47.5 Å². The average molecular weight is 453 g/mol. The van der Waals surface area contributed by atoms with Crippen LogP contribution in [0.2, 0.25) is 0 Å². The summed E-state index contributed by atoms with van der Waals surface area (Å²) < 4.78 is 70.9. The summed E-state index contributed by atoms with van der Waals surface area (Å²) >= 11 is 0. The second-order valence-corrected chi connectivity index (χ2v) is 8.01. The third-order valence-corrected chi connectivity index (χ3v) is 6.03. The first kappa shape index (κ1) is 22.2. The lowest BCUT2D eigenvalue weighted by molar-refractivity contribution is -0.272. The number of nitrogens with one attached hydrogen (secondary N) is 1. The maximum absolute atomic E-state index is 14.3. The van der Waals surface area contributed by atoms with Gasteiger partial charge < -0.3 is 15.5 Å². The standard InChI is InChI=1S/C22H20F5N3O2/c1-3-11-8-21(32,22(25,26)27)20(13-4-5-15(24)19(31)18(11)13)30-17-7-12(23)6-16-14(17)9-28-10(2)29-16/h4-7,9,11,20,30-32H,3,8H2,1-2H3/t11-,20+,21-/m1/s1. The van der Waals surface area contributed by atoms with Gasteiger partial charge in [0.2, 0.25) is 0 Å². The van der Waals surface area contributed by atoms with Crippen LogP contribution in [0.25, 0.3) is 10.9 Å². The van der Waals surface area contributed by atoms with E-state index in [4.69, 9.17) is 0 Å². The number of hydrogen-bond donors (Lipinski definition) is 3. The lowest BCUT2D eigenvalue weighted by atomic mass is 9.69. The number of nitrogens with zero attached hydrogens (tertiary/aromatic N) is 2. The van der Waals surface area contributed by atoms with Gasteiger partial charge in [-0.3, -0.25) is 0 Å². The van der Waals surface area contributed by atoms with Gasteiger partial charge in [0.15, 0.2) is 17.2 Å². The Hall–Kier alpha value is -3.01. The van der Waals surface area contributed by atoms with Crippen molar-refractivity contribution in [3.63, 3.8) is 0 Å². The van der Waals surface area contributed by atoms with Crippen LogP contribution in [0.5, 0.6) is 5.75 Å². The number of aryl methyl sites for hydroxylation is 1. The molecule has 0 amide bonds. The first-order chi connectivity index (χ1) is 15.0. The van der Waals surface area contributed by atoms with Crippen molar-refractivity contribution in [1.29, 1.82) is 0 Å². The highest BCUT2D eigenvalue weighted by molar-refractivity contribution is 5.91. The van der Waals surface area contributed by atoms with Gasteiger partial charge in [-0.15, -0.1) is 0 Å². The van der Waals surface area contributed by atoms with Gasteiger partial charge in [0.1, 0.15) is 11.6 Å². The van der Waals surface area contributed by atoms with Crippen LogP contribution in [0.4, 0.5) is 27.6 Å². The van der Waals surface area contributed by atoms with Crippen molar-refractivity contribution in [2.24, 2.45) is 0 Å². The number of aromatic nitrogens is 2. The van der Waals surface area contributed by atoms with E-state index >= 15 is 0 Å². The van der Waals surface area contributed by atoms with Crippen LogP contribution in [0.1, 0.15) is 48.7 Å². The minimum Gasteiger partial charge on any atom is -0.505 e. The maximum Gasteiger partial charge on any atom is 0.419 e. The topological polar surface area (TPSA) is 78.3 Å². The highest BCUT2D eigenvalue weighted by atomic mass is 19.4. The summed E-state index contributed by atoms with van der Waals surface area (Å²) in [6.45, 7) is 3.17. The second-order valence-electron chi connectivity index (χ2n) is 8.01.